The summed E-state index contributed by atoms with van der Waals surface area (Å²) in [5.41, 5.74) is 1.87. The number of carboxylic acids is 1. The van der Waals surface area contributed by atoms with E-state index < -0.39 is 5.97 Å². The number of rotatable bonds is 5. The number of nitrogens with zero attached hydrogens (tertiary/aromatic N) is 2. The number of aryl methyl sites for hydroxylation is 1. The Kier molecular flexibility index (Phi) is 4.96. The minimum Gasteiger partial charge on any atom is -0.478 e. The van der Waals surface area contributed by atoms with Gasteiger partial charge in [-0.25, -0.2) is 14.8 Å². The van der Waals surface area contributed by atoms with E-state index in [1.165, 1.54) is 11.8 Å². The summed E-state index contributed by atoms with van der Waals surface area (Å²) in [5.74, 6) is 0.573. The maximum absolute atomic E-state index is 11.4. The third-order valence-corrected chi connectivity index (χ3v) is 4.07. The van der Waals surface area contributed by atoms with Crippen LogP contribution in [-0.2, 0) is 5.75 Å². The molecule has 2 aromatic rings. The van der Waals surface area contributed by atoms with E-state index in [1.54, 1.807) is 6.92 Å². The fourth-order valence-corrected chi connectivity index (χ4v) is 2.94. The third-order valence-electron chi connectivity index (χ3n) is 3.02. The van der Waals surface area contributed by atoms with Crippen molar-refractivity contribution < 1.29 is 9.90 Å². The number of benzene rings is 1. The first-order valence-electron chi connectivity index (χ1n) is 6.77. The van der Waals surface area contributed by atoms with Gasteiger partial charge in [0, 0.05) is 11.7 Å². The van der Waals surface area contributed by atoms with E-state index >= 15 is 0 Å². The maximum atomic E-state index is 11.4. The van der Waals surface area contributed by atoms with Crippen LogP contribution in [0.2, 0.25) is 0 Å². The summed E-state index contributed by atoms with van der Waals surface area (Å²) in [4.78, 5) is 20.2. The largest absolute Gasteiger partial charge is 0.478 e. The average molecular weight is 302 g/mol. The predicted octanol–water partition coefficient (Wildman–Crippen LogP) is 3.90. The molecule has 5 heteroatoms. The van der Waals surface area contributed by atoms with Gasteiger partial charge in [0.05, 0.1) is 5.69 Å². The number of hydrogen-bond donors (Lipinski definition) is 1. The molecular formula is C16H18N2O2S. The molecule has 2 rings (SSSR count). The van der Waals surface area contributed by atoms with Gasteiger partial charge in [-0.05, 0) is 12.5 Å². The van der Waals surface area contributed by atoms with Crippen LogP contribution in [0.4, 0.5) is 0 Å². The lowest BCUT2D eigenvalue weighted by atomic mass is 10.2. The van der Waals surface area contributed by atoms with E-state index in [-0.39, 0.29) is 11.5 Å². The van der Waals surface area contributed by atoms with Gasteiger partial charge >= 0.3 is 5.97 Å². The standard InChI is InChI=1S/C16H18N2O2S/c1-10(2)14-17-11(3)13(16(19)20)15(18-14)21-9-12-7-5-4-6-8-12/h4-8,10H,9H2,1-3H3,(H,19,20). The number of hydrogen-bond acceptors (Lipinski definition) is 4. The molecule has 1 aromatic carbocycles. The van der Waals surface area contributed by atoms with Crippen molar-refractivity contribution in [3.8, 4) is 0 Å². The first-order chi connectivity index (χ1) is 9.99. The van der Waals surface area contributed by atoms with Crippen molar-refractivity contribution in [1.82, 2.24) is 9.97 Å². The second-order valence-corrected chi connectivity index (χ2v) is 6.05. The summed E-state index contributed by atoms with van der Waals surface area (Å²) < 4.78 is 0. The Morgan fingerprint density at radius 3 is 2.48 bits per heavy atom. The number of thioether (sulfide) groups is 1. The van der Waals surface area contributed by atoms with Gasteiger partial charge in [0.2, 0.25) is 0 Å². The van der Waals surface area contributed by atoms with Crippen LogP contribution in [0.15, 0.2) is 35.4 Å². The highest BCUT2D eigenvalue weighted by Gasteiger charge is 2.19. The zero-order valence-corrected chi connectivity index (χ0v) is 13.1. The second kappa shape index (κ2) is 6.72. The first kappa shape index (κ1) is 15.5. The number of carboxylic acid groups (broad SMARTS) is 1. The Hall–Kier alpha value is -1.88. The van der Waals surface area contributed by atoms with Gasteiger partial charge in [0.25, 0.3) is 0 Å². The molecule has 21 heavy (non-hydrogen) atoms. The third kappa shape index (κ3) is 3.82. The Balaban J connectivity index is 2.33. The van der Waals surface area contributed by atoms with Gasteiger partial charge in [0.15, 0.2) is 0 Å². The highest BCUT2D eigenvalue weighted by Crippen LogP contribution is 2.27. The normalized spacial score (nSPS) is 10.9. The highest BCUT2D eigenvalue weighted by molar-refractivity contribution is 7.98. The van der Waals surface area contributed by atoms with E-state index in [4.69, 9.17) is 0 Å². The monoisotopic (exact) mass is 302 g/mol. The van der Waals surface area contributed by atoms with Crippen LogP contribution in [0.25, 0.3) is 0 Å². The van der Waals surface area contributed by atoms with Gasteiger partial charge in [-0.2, -0.15) is 0 Å². The minimum absolute atomic E-state index is 0.169. The van der Waals surface area contributed by atoms with Gasteiger partial charge < -0.3 is 5.11 Å². The molecule has 4 nitrogen and oxygen atoms in total. The fourth-order valence-electron chi connectivity index (χ4n) is 1.90. The summed E-state index contributed by atoms with van der Waals surface area (Å²) in [7, 11) is 0. The second-order valence-electron chi connectivity index (χ2n) is 5.08. The first-order valence-corrected chi connectivity index (χ1v) is 7.76. The summed E-state index contributed by atoms with van der Waals surface area (Å²) in [6, 6.07) is 9.94. The van der Waals surface area contributed by atoms with Crippen molar-refractivity contribution in [3.63, 3.8) is 0 Å². The molecule has 1 heterocycles. The molecule has 0 saturated carbocycles. The molecule has 0 atom stereocenters. The Bertz CT molecular complexity index is 642. The van der Waals surface area contributed by atoms with Gasteiger partial charge in [-0.1, -0.05) is 44.2 Å². The summed E-state index contributed by atoms with van der Waals surface area (Å²) in [6.45, 7) is 5.73. The van der Waals surface area contributed by atoms with E-state index in [2.05, 4.69) is 9.97 Å². The fraction of sp³-hybridized carbons (Fsp3) is 0.312. The van der Waals surface area contributed by atoms with Crippen molar-refractivity contribution in [1.29, 1.82) is 0 Å². The molecule has 0 spiro atoms. The van der Waals surface area contributed by atoms with Gasteiger partial charge in [0.1, 0.15) is 16.4 Å². The number of aromatic nitrogens is 2. The molecule has 1 aromatic heterocycles. The summed E-state index contributed by atoms with van der Waals surface area (Å²) in [5, 5.41) is 9.92. The Morgan fingerprint density at radius 2 is 1.90 bits per heavy atom. The van der Waals surface area contributed by atoms with E-state index in [1.807, 2.05) is 44.2 Å². The lowest BCUT2D eigenvalue weighted by molar-refractivity contribution is 0.0690. The Morgan fingerprint density at radius 1 is 1.24 bits per heavy atom. The highest BCUT2D eigenvalue weighted by atomic mass is 32.2. The smallest absolute Gasteiger partial charge is 0.340 e. The lowest BCUT2D eigenvalue weighted by Crippen LogP contribution is -2.10. The molecule has 0 radical (unpaired) electrons. The molecule has 1 N–H and O–H groups in total. The van der Waals surface area contributed by atoms with E-state index in [0.29, 0.717) is 22.3 Å². The maximum Gasteiger partial charge on any atom is 0.340 e. The molecule has 0 saturated heterocycles. The molecule has 0 aliphatic carbocycles. The van der Waals surface area contributed by atoms with Crippen molar-refractivity contribution in [2.45, 2.75) is 37.5 Å². The molecule has 0 bridgehead atoms. The Labute approximate surface area is 128 Å². The minimum atomic E-state index is -0.974. The average Bonchev–Trinajstić information content (AvgIpc) is 2.45. The van der Waals surface area contributed by atoms with E-state index in [0.717, 1.165) is 5.56 Å². The SMILES string of the molecule is Cc1nc(C(C)C)nc(SCc2ccccc2)c1C(=O)O. The van der Waals surface area contributed by atoms with E-state index in [9.17, 15) is 9.90 Å². The summed E-state index contributed by atoms with van der Waals surface area (Å²) >= 11 is 1.44. The van der Waals surface area contributed by atoms with Crippen LogP contribution in [0.1, 0.15) is 47.2 Å². The molecule has 0 aliphatic rings. The van der Waals surface area contributed by atoms with Crippen molar-refractivity contribution in [2.24, 2.45) is 0 Å². The molecule has 0 unspecified atom stereocenters. The number of carbonyl (C=O) groups is 1. The van der Waals surface area contributed by atoms with Crippen molar-refractivity contribution in [2.75, 3.05) is 0 Å². The predicted molar refractivity (Wildman–Crippen MR) is 83.8 cm³/mol. The molecular weight excluding hydrogens is 284 g/mol. The van der Waals surface area contributed by atoms with Crippen LogP contribution in [0.5, 0.6) is 0 Å². The quantitative estimate of drug-likeness (QED) is 0.670. The molecule has 0 amide bonds. The molecule has 0 aliphatic heterocycles. The van der Waals surface area contributed by atoms with Crippen molar-refractivity contribution in [3.05, 3.63) is 53.0 Å². The van der Waals surface area contributed by atoms with Crippen LogP contribution >= 0.6 is 11.8 Å². The van der Waals surface area contributed by atoms with Crippen LogP contribution in [-0.4, -0.2) is 21.0 Å². The zero-order chi connectivity index (χ0) is 15.4. The van der Waals surface area contributed by atoms with Crippen LogP contribution in [0.3, 0.4) is 0 Å². The summed E-state index contributed by atoms with van der Waals surface area (Å²) in [6.07, 6.45) is 0. The van der Waals surface area contributed by atoms with Gasteiger partial charge in [-0.3, -0.25) is 0 Å². The number of aromatic carboxylic acids is 1. The lowest BCUT2D eigenvalue weighted by Gasteiger charge is -2.12. The molecule has 110 valence electrons. The zero-order valence-electron chi connectivity index (χ0n) is 12.3. The van der Waals surface area contributed by atoms with Crippen LogP contribution in [0, 0.1) is 6.92 Å². The topological polar surface area (TPSA) is 63.1 Å². The van der Waals surface area contributed by atoms with Crippen molar-refractivity contribution >= 4 is 17.7 Å². The molecule has 0 fully saturated rings. The van der Waals surface area contributed by atoms with Crippen LogP contribution < -0.4 is 0 Å². The van der Waals surface area contributed by atoms with Gasteiger partial charge in [-0.15, -0.1) is 11.8 Å².